The summed E-state index contributed by atoms with van der Waals surface area (Å²) < 4.78 is 13.3. The van der Waals surface area contributed by atoms with Crippen molar-refractivity contribution in [2.75, 3.05) is 6.54 Å². The summed E-state index contributed by atoms with van der Waals surface area (Å²) >= 11 is 0. The van der Waals surface area contributed by atoms with Crippen molar-refractivity contribution in [1.82, 2.24) is 0 Å². The highest BCUT2D eigenvalue weighted by Gasteiger charge is 2.25. The van der Waals surface area contributed by atoms with Gasteiger partial charge in [0.25, 0.3) is 0 Å². The molecule has 0 heterocycles. The third-order valence-electron chi connectivity index (χ3n) is 2.34. The van der Waals surface area contributed by atoms with E-state index in [0.717, 1.165) is 0 Å². The molecule has 0 spiro atoms. The third-order valence-corrected chi connectivity index (χ3v) is 2.34. The van der Waals surface area contributed by atoms with E-state index in [9.17, 15) is 19.4 Å². The molecule has 1 aromatic rings. The maximum Gasteiger partial charge on any atom is 0.312 e. The lowest BCUT2D eigenvalue weighted by atomic mass is 9.96. The summed E-state index contributed by atoms with van der Waals surface area (Å²) in [6.45, 7) is 1.13. The Balaban J connectivity index is 3.39. The molecule has 1 unspecified atom stereocenters. The molecule has 0 aromatic heterocycles. The second-order valence-electron chi connectivity index (χ2n) is 3.42. The number of nitrogens with two attached hydrogens (primary N) is 1. The molecule has 0 aliphatic heterocycles. The van der Waals surface area contributed by atoms with Crippen LogP contribution in [0.2, 0.25) is 0 Å². The lowest BCUT2D eigenvalue weighted by molar-refractivity contribution is -0.138. The number of benzene rings is 1. The molecule has 0 aliphatic carbocycles. The van der Waals surface area contributed by atoms with Crippen LogP contribution < -0.4 is 5.73 Å². The van der Waals surface area contributed by atoms with Crippen LogP contribution in [0.4, 0.5) is 4.39 Å². The van der Waals surface area contributed by atoms with E-state index < -0.39 is 29.2 Å². The summed E-state index contributed by atoms with van der Waals surface area (Å²) in [6, 6.07) is 1.21. The van der Waals surface area contributed by atoms with E-state index in [1.807, 2.05) is 0 Å². The zero-order valence-electron chi connectivity index (χ0n) is 8.57. The standard InChI is InChI=1S/C10H12FNO4/c1-4-2-5(6(3-12)10(15)16)9(14)7(11)8(4)13/h2,6,13-14H,3,12H2,1H3,(H,15,16). The van der Waals surface area contributed by atoms with Gasteiger partial charge in [0.1, 0.15) is 0 Å². The van der Waals surface area contributed by atoms with Crippen LogP contribution in [-0.2, 0) is 4.79 Å². The minimum atomic E-state index is -1.26. The number of halogens is 1. The van der Waals surface area contributed by atoms with E-state index >= 15 is 0 Å². The molecule has 6 heteroatoms. The Morgan fingerprint density at radius 2 is 2.06 bits per heavy atom. The van der Waals surface area contributed by atoms with Crippen molar-refractivity contribution < 1.29 is 24.5 Å². The Morgan fingerprint density at radius 1 is 1.50 bits per heavy atom. The summed E-state index contributed by atoms with van der Waals surface area (Å²) in [5.74, 6) is -5.26. The molecule has 0 fully saturated rings. The number of hydrogen-bond acceptors (Lipinski definition) is 4. The van der Waals surface area contributed by atoms with Gasteiger partial charge in [-0.3, -0.25) is 4.79 Å². The Labute approximate surface area is 90.9 Å². The van der Waals surface area contributed by atoms with Crippen LogP contribution in [0, 0.1) is 12.7 Å². The maximum absolute atomic E-state index is 13.3. The lowest BCUT2D eigenvalue weighted by Crippen LogP contribution is -2.21. The minimum Gasteiger partial charge on any atom is -0.505 e. The molecular weight excluding hydrogens is 217 g/mol. The summed E-state index contributed by atoms with van der Waals surface area (Å²) in [6.07, 6.45) is 0. The van der Waals surface area contributed by atoms with Gasteiger partial charge in [-0.05, 0) is 18.6 Å². The molecule has 0 radical (unpaired) electrons. The molecule has 5 nitrogen and oxygen atoms in total. The van der Waals surface area contributed by atoms with Gasteiger partial charge in [0.05, 0.1) is 5.92 Å². The van der Waals surface area contributed by atoms with E-state index in [-0.39, 0.29) is 17.7 Å². The highest BCUT2D eigenvalue weighted by atomic mass is 19.1. The number of phenolic OH excluding ortho intramolecular Hbond substituents is 2. The molecule has 0 aliphatic rings. The first-order valence-corrected chi connectivity index (χ1v) is 4.54. The van der Waals surface area contributed by atoms with Crippen LogP contribution in [0.1, 0.15) is 17.0 Å². The molecule has 1 rings (SSSR count). The Morgan fingerprint density at radius 3 is 2.50 bits per heavy atom. The molecule has 88 valence electrons. The average molecular weight is 229 g/mol. The lowest BCUT2D eigenvalue weighted by Gasteiger charge is -2.14. The van der Waals surface area contributed by atoms with Gasteiger partial charge in [0.2, 0.25) is 5.82 Å². The number of carboxylic acid groups (broad SMARTS) is 1. The summed E-state index contributed by atoms with van der Waals surface area (Å²) in [5, 5.41) is 27.4. The molecule has 1 aromatic carbocycles. The van der Waals surface area contributed by atoms with Crippen molar-refractivity contribution in [3.05, 3.63) is 23.0 Å². The highest BCUT2D eigenvalue weighted by Crippen LogP contribution is 2.35. The van der Waals surface area contributed by atoms with Gasteiger partial charge >= 0.3 is 5.97 Å². The van der Waals surface area contributed by atoms with Crippen molar-refractivity contribution >= 4 is 5.97 Å². The second-order valence-corrected chi connectivity index (χ2v) is 3.42. The first-order chi connectivity index (χ1) is 7.40. The van der Waals surface area contributed by atoms with Crippen LogP contribution in [0.5, 0.6) is 11.5 Å². The number of aromatic hydroxyl groups is 2. The van der Waals surface area contributed by atoms with Crippen molar-refractivity contribution in [3.8, 4) is 11.5 Å². The highest BCUT2D eigenvalue weighted by molar-refractivity contribution is 5.78. The van der Waals surface area contributed by atoms with Crippen molar-refractivity contribution in [2.45, 2.75) is 12.8 Å². The second kappa shape index (κ2) is 4.36. The number of aryl methyl sites for hydroxylation is 1. The molecule has 5 N–H and O–H groups in total. The van der Waals surface area contributed by atoms with E-state index in [1.54, 1.807) is 0 Å². The van der Waals surface area contributed by atoms with Crippen molar-refractivity contribution in [1.29, 1.82) is 0 Å². The molecule has 0 saturated heterocycles. The third kappa shape index (κ3) is 1.92. The SMILES string of the molecule is Cc1cc(C(CN)C(=O)O)c(O)c(F)c1O. The number of phenols is 2. The van der Waals surface area contributed by atoms with Gasteiger partial charge in [-0.15, -0.1) is 0 Å². The van der Waals surface area contributed by atoms with Crippen LogP contribution in [-0.4, -0.2) is 27.8 Å². The Bertz CT molecular complexity index is 433. The predicted molar refractivity (Wildman–Crippen MR) is 53.9 cm³/mol. The Hall–Kier alpha value is -1.82. The smallest absolute Gasteiger partial charge is 0.312 e. The van der Waals surface area contributed by atoms with Gasteiger partial charge in [0, 0.05) is 12.1 Å². The number of carboxylic acids is 1. The van der Waals surface area contributed by atoms with Gasteiger partial charge in [-0.25, -0.2) is 0 Å². The topological polar surface area (TPSA) is 104 Å². The van der Waals surface area contributed by atoms with Gasteiger partial charge in [-0.1, -0.05) is 0 Å². The quantitative estimate of drug-likeness (QED) is 0.610. The molecular formula is C10H12FNO4. The molecule has 16 heavy (non-hydrogen) atoms. The fraction of sp³-hybridized carbons (Fsp3) is 0.300. The van der Waals surface area contributed by atoms with E-state index in [4.69, 9.17) is 10.8 Å². The first kappa shape index (κ1) is 12.3. The van der Waals surface area contributed by atoms with Gasteiger partial charge in [-0.2, -0.15) is 4.39 Å². The number of carbonyl (C=O) groups is 1. The van der Waals surface area contributed by atoms with E-state index in [2.05, 4.69) is 0 Å². The fourth-order valence-electron chi connectivity index (χ4n) is 1.41. The normalized spacial score (nSPS) is 12.4. The van der Waals surface area contributed by atoms with Crippen LogP contribution in [0.25, 0.3) is 0 Å². The first-order valence-electron chi connectivity index (χ1n) is 4.54. The fourth-order valence-corrected chi connectivity index (χ4v) is 1.41. The van der Waals surface area contributed by atoms with Crippen LogP contribution in [0.3, 0.4) is 0 Å². The Kier molecular flexibility index (Phi) is 3.34. The van der Waals surface area contributed by atoms with Crippen LogP contribution in [0.15, 0.2) is 6.07 Å². The molecule has 0 amide bonds. The van der Waals surface area contributed by atoms with E-state index in [1.165, 1.54) is 13.0 Å². The number of hydrogen-bond donors (Lipinski definition) is 4. The number of aliphatic carboxylic acids is 1. The summed E-state index contributed by atoms with van der Waals surface area (Å²) in [7, 11) is 0. The molecule has 1 atom stereocenters. The van der Waals surface area contributed by atoms with Gasteiger partial charge in [0.15, 0.2) is 11.5 Å². The zero-order valence-corrected chi connectivity index (χ0v) is 8.57. The largest absolute Gasteiger partial charge is 0.505 e. The molecule has 0 bridgehead atoms. The minimum absolute atomic E-state index is 0.136. The van der Waals surface area contributed by atoms with E-state index in [0.29, 0.717) is 0 Å². The monoisotopic (exact) mass is 229 g/mol. The number of rotatable bonds is 3. The average Bonchev–Trinajstić information content (AvgIpc) is 2.23. The summed E-state index contributed by atoms with van der Waals surface area (Å²) in [5.41, 5.74) is 5.24. The van der Waals surface area contributed by atoms with Gasteiger partial charge < -0.3 is 21.1 Å². The van der Waals surface area contributed by atoms with Crippen molar-refractivity contribution in [3.63, 3.8) is 0 Å². The summed E-state index contributed by atoms with van der Waals surface area (Å²) in [4.78, 5) is 10.8. The van der Waals surface area contributed by atoms with Crippen LogP contribution >= 0.6 is 0 Å². The molecule has 0 saturated carbocycles. The predicted octanol–water partition coefficient (Wildman–Crippen LogP) is 0.672. The zero-order chi connectivity index (χ0) is 12.5. The maximum atomic E-state index is 13.3. The van der Waals surface area contributed by atoms with Crippen molar-refractivity contribution in [2.24, 2.45) is 5.73 Å².